The van der Waals surface area contributed by atoms with Gasteiger partial charge in [-0.2, -0.15) is 0 Å². The lowest BCUT2D eigenvalue weighted by Crippen LogP contribution is -1.92. The fraction of sp³-hybridized carbons (Fsp3) is 0.200. The van der Waals surface area contributed by atoms with E-state index in [0.29, 0.717) is 11.5 Å². The molecule has 0 aliphatic carbocycles. The molecule has 1 aromatic heterocycles. The Labute approximate surface area is 105 Å². The fourth-order valence-corrected chi connectivity index (χ4v) is 2.50. The molecule has 2 rings (SSSR count). The van der Waals surface area contributed by atoms with Gasteiger partial charge < -0.3 is 9.47 Å². The number of ether oxygens (including phenoxy) is 2. The summed E-state index contributed by atoms with van der Waals surface area (Å²) in [6.45, 7) is 0. The van der Waals surface area contributed by atoms with Gasteiger partial charge in [-0.15, -0.1) is 10.2 Å². The van der Waals surface area contributed by atoms with Crippen LogP contribution in [0.1, 0.15) is 0 Å². The van der Waals surface area contributed by atoms with Gasteiger partial charge >= 0.3 is 0 Å². The summed E-state index contributed by atoms with van der Waals surface area (Å²) in [6, 6.07) is 5.67. The second kappa shape index (κ2) is 4.80. The largest absolute Gasteiger partial charge is 0.493 e. The Morgan fingerprint density at radius 2 is 2.00 bits per heavy atom. The molecule has 1 heterocycles. The normalized spacial score (nSPS) is 10.2. The smallest absolute Gasteiger partial charge is 0.183 e. The Balaban J connectivity index is 2.56. The predicted octanol–water partition coefficient (Wildman–Crippen LogP) is 2.98. The number of hydrogen-bond acceptors (Lipinski definition) is 5. The molecule has 0 radical (unpaired) electrons. The molecule has 0 atom stereocenters. The summed E-state index contributed by atoms with van der Waals surface area (Å²) in [6.07, 6.45) is 0. The van der Waals surface area contributed by atoms with E-state index < -0.39 is 0 Å². The zero-order chi connectivity index (χ0) is 11.5. The van der Waals surface area contributed by atoms with Crippen LogP contribution in [0, 0.1) is 0 Å². The van der Waals surface area contributed by atoms with Crippen LogP contribution in [-0.2, 0) is 0 Å². The van der Waals surface area contributed by atoms with E-state index in [1.54, 1.807) is 14.2 Å². The molecule has 0 bridgehead atoms. The van der Waals surface area contributed by atoms with Crippen molar-refractivity contribution in [3.05, 3.63) is 22.1 Å². The third kappa shape index (κ3) is 2.03. The van der Waals surface area contributed by atoms with Gasteiger partial charge in [0.25, 0.3) is 0 Å². The maximum atomic E-state index is 5.33. The summed E-state index contributed by atoms with van der Waals surface area (Å²) in [5.41, 5.74) is 0.880. The van der Waals surface area contributed by atoms with Crippen LogP contribution >= 0.6 is 27.3 Å². The lowest BCUT2D eigenvalue weighted by molar-refractivity contribution is 0.356. The van der Waals surface area contributed by atoms with E-state index in [1.165, 1.54) is 11.3 Å². The van der Waals surface area contributed by atoms with Crippen LogP contribution < -0.4 is 9.47 Å². The first-order chi connectivity index (χ1) is 7.76. The number of hydrogen-bond donors (Lipinski definition) is 0. The van der Waals surface area contributed by atoms with Crippen molar-refractivity contribution in [1.82, 2.24) is 10.2 Å². The molecule has 0 fully saturated rings. The molecule has 16 heavy (non-hydrogen) atoms. The summed E-state index contributed by atoms with van der Waals surface area (Å²) >= 11 is 4.73. The first-order valence-corrected chi connectivity index (χ1v) is 6.07. The second-order valence-corrected chi connectivity index (χ2v) is 5.15. The molecular weight excluding hydrogens is 292 g/mol. The lowest BCUT2D eigenvalue weighted by Gasteiger charge is -2.10. The number of nitrogens with zero attached hydrogens (tertiary/aromatic N) is 2. The summed E-state index contributed by atoms with van der Waals surface area (Å²) in [5, 5.41) is 8.76. The topological polar surface area (TPSA) is 44.2 Å². The number of methoxy groups -OCH3 is 2. The quantitative estimate of drug-likeness (QED) is 0.874. The maximum Gasteiger partial charge on any atom is 0.183 e. The van der Waals surface area contributed by atoms with E-state index in [9.17, 15) is 0 Å². The Hall–Kier alpha value is -1.14. The molecule has 84 valence electrons. The van der Waals surface area contributed by atoms with E-state index in [4.69, 9.17) is 9.47 Å². The molecule has 0 saturated carbocycles. The van der Waals surface area contributed by atoms with Crippen molar-refractivity contribution in [2.75, 3.05) is 14.2 Å². The minimum atomic E-state index is 0.675. The maximum absolute atomic E-state index is 5.33. The van der Waals surface area contributed by atoms with Crippen molar-refractivity contribution in [3.63, 3.8) is 0 Å². The van der Waals surface area contributed by atoms with Gasteiger partial charge in [0, 0.05) is 0 Å². The van der Waals surface area contributed by atoms with Crippen LogP contribution in [-0.4, -0.2) is 24.4 Å². The molecule has 0 unspecified atom stereocenters. The highest BCUT2D eigenvalue weighted by Gasteiger charge is 2.14. The third-order valence-electron chi connectivity index (χ3n) is 2.03. The van der Waals surface area contributed by atoms with Gasteiger partial charge in [-0.25, -0.2) is 0 Å². The first kappa shape index (κ1) is 11.3. The van der Waals surface area contributed by atoms with Crippen LogP contribution in [0.5, 0.6) is 11.5 Å². The van der Waals surface area contributed by atoms with Crippen molar-refractivity contribution in [3.8, 4) is 22.1 Å². The van der Waals surface area contributed by atoms with Crippen LogP contribution in [0.25, 0.3) is 10.6 Å². The van der Waals surface area contributed by atoms with E-state index >= 15 is 0 Å². The van der Waals surface area contributed by atoms with Crippen molar-refractivity contribution in [2.45, 2.75) is 0 Å². The van der Waals surface area contributed by atoms with Gasteiger partial charge in [0.15, 0.2) is 20.4 Å². The van der Waals surface area contributed by atoms with Crippen molar-refractivity contribution in [1.29, 1.82) is 0 Å². The third-order valence-corrected chi connectivity index (χ3v) is 3.42. The molecule has 0 aliphatic rings. The van der Waals surface area contributed by atoms with E-state index in [1.807, 2.05) is 18.2 Å². The Bertz CT molecular complexity index is 501. The van der Waals surface area contributed by atoms with E-state index in [0.717, 1.165) is 14.5 Å². The highest BCUT2D eigenvalue weighted by Crippen LogP contribution is 2.39. The summed E-state index contributed by atoms with van der Waals surface area (Å²) in [5.74, 6) is 1.36. The minimum Gasteiger partial charge on any atom is -0.493 e. The summed E-state index contributed by atoms with van der Waals surface area (Å²) in [4.78, 5) is 0. The Morgan fingerprint density at radius 1 is 1.19 bits per heavy atom. The number of benzene rings is 1. The van der Waals surface area contributed by atoms with Gasteiger partial charge in [0.2, 0.25) is 0 Å². The van der Waals surface area contributed by atoms with Gasteiger partial charge in [0.05, 0.1) is 19.8 Å². The minimum absolute atomic E-state index is 0.675. The lowest BCUT2D eigenvalue weighted by atomic mass is 10.2. The summed E-state index contributed by atoms with van der Waals surface area (Å²) < 4.78 is 11.3. The highest BCUT2D eigenvalue weighted by molar-refractivity contribution is 9.11. The number of aromatic nitrogens is 2. The molecule has 4 nitrogen and oxygen atoms in total. The molecule has 0 spiro atoms. The van der Waals surface area contributed by atoms with E-state index in [-0.39, 0.29) is 0 Å². The molecule has 0 aliphatic heterocycles. The second-order valence-electron chi connectivity index (χ2n) is 2.90. The van der Waals surface area contributed by atoms with Crippen molar-refractivity contribution < 1.29 is 9.47 Å². The number of para-hydroxylation sites is 1. The first-order valence-electron chi connectivity index (χ1n) is 4.46. The van der Waals surface area contributed by atoms with E-state index in [2.05, 4.69) is 26.1 Å². The average molecular weight is 301 g/mol. The molecule has 2 aromatic rings. The molecule has 0 amide bonds. The van der Waals surface area contributed by atoms with Gasteiger partial charge in [-0.05, 0) is 28.1 Å². The molecule has 6 heteroatoms. The number of halogens is 1. The SMILES string of the molecule is COc1cccc(-c2nnc(Br)s2)c1OC. The van der Waals surface area contributed by atoms with Crippen molar-refractivity contribution >= 4 is 27.3 Å². The van der Waals surface area contributed by atoms with Crippen molar-refractivity contribution in [2.24, 2.45) is 0 Å². The Kier molecular flexibility index (Phi) is 3.40. The van der Waals surface area contributed by atoms with Crippen LogP contribution in [0.2, 0.25) is 0 Å². The Morgan fingerprint density at radius 3 is 2.56 bits per heavy atom. The summed E-state index contributed by atoms with van der Waals surface area (Å²) in [7, 11) is 3.22. The van der Waals surface area contributed by atoms with Gasteiger partial charge in [0.1, 0.15) is 0 Å². The molecule has 0 saturated heterocycles. The zero-order valence-electron chi connectivity index (χ0n) is 8.73. The van der Waals surface area contributed by atoms with Crippen LogP contribution in [0.3, 0.4) is 0 Å². The molecule has 1 aromatic carbocycles. The zero-order valence-corrected chi connectivity index (χ0v) is 11.1. The average Bonchev–Trinajstić information content (AvgIpc) is 2.74. The van der Waals surface area contributed by atoms with Gasteiger partial charge in [-0.1, -0.05) is 17.4 Å². The predicted molar refractivity (Wildman–Crippen MR) is 66.1 cm³/mol. The number of rotatable bonds is 3. The standard InChI is InChI=1S/C10H9BrN2O2S/c1-14-7-5-3-4-6(8(7)15-2)9-12-13-10(11)16-9/h3-5H,1-2H3. The van der Waals surface area contributed by atoms with Crippen LogP contribution in [0.4, 0.5) is 0 Å². The van der Waals surface area contributed by atoms with Crippen LogP contribution in [0.15, 0.2) is 22.1 Å². The molecule has 0 N–H and O–H groups in total. The molecular formula is C10H9BrN2O2S. The monoisotopic (exact) mass is 300 g/mol. The highest BCUT2D eigenvalue weighted by atomic mass is 79.9. The fourth-order valence-electron chi connectivity index (χ4n) is 1.37. The van der Waals surface area contributed by atoms with Gasteiger partial charge in [-0.3, -0.25) is 0 Å².